The van der Waals surface area contributed by atoms with E-state index in [1.807, 2.05) is 56.3 Å². The number of pyridine rings is 1. The fraction of sp³-hybridized carbons (Fsp3) is 0.360. The third kappa shape index (κ3) is 4.56. The van der Waals surface area contributed by atoms with Crippen LogP contribution in [0, 0.1) is 0 Å². The second-order valence-corrected chi connectivity index (χ2v) is 8.84. The van der Waals surface area contributed by atoms with Gasteiger partial charge < -0.3 is 14.5 Å². The van der Waals surface area contributed by atoms with Crippen LogP contribution < -0.4 is 4.90 Å². The molecule has 0 bridgehead atoms. The van der Waals surface area contributed by atoms with E-state index in [1.54, 1.807) is 0 Å². The molecule has 5 nitrogen and oxygen atoms in total. The summed E-state index contributed by atoms with van der Waals surface area (Å²) in [5.41, 5.74) is 1.91. The van der Waals surface area contributed by atoms with Gasteiger partial charge in [-0.3, -0.25) is 4.98 Å². The highest BCUT2D eigenvalue weighted by Gasteiger charge is 2.33. The molecule has 0 saturated carbocycles. The van der Waals surface area contributed by atoms with Gasteiger partial charge in [0.05, 0.1) is 6.04 Å². The van der Waals surface area contributed by atoms with E-state index in [-0.39, 0.29) is 12.1 Å². The molecule has 0 radical (unpaired) electrons. The first kappa shape index (κ1) is 20.2. The Bertz CT molecular complexity index is 1010. The summed E-state index contributed by atoms with van der Waals surface area (Å²) in [6, 6.07) is 18.8. The van der Waals surface area contributed by atoms with E-state index < -0.39 is 5.60 Å². The molecule has 2 aromatic carbocycles. The largest absolute Gasteiger partial charge is 0.444 e. The van der Waals surface area contributed by atoms with Crippen molar-refractivity contribution in [2.75, 3.05) is 24.5 Å². The minimum atomic E-state index is -0.506. The third-order valence-electron chi connectivity index (χ3n) is 5.42. The summed E-state index contributed by atoms with van der Waals surface area (Å²) in [4.78, 5) is 21.5. The molecule has 1 atom stereocenters. The fourth-order valence-corrected chi connectivity index (χ4v) is 4.08. The number of benzene rings is 2. The van der Waals surface area contributed by atoms with Gasteiger partial charge in [-0.15, -0.1) is 0 Å². The second-order valence-electron chi connectivity index (χ2n) is 8.84. The van der Waals surface area contributed by atoms with Crippen molar-refractivity contribution < 1.29 is 9.53 Å². The van der Waals surface area contributed by atoms with E-state index in [4.69, 9.17) is 4.74 Å². The number of carbonyl (C=O) groups excluding carboxylic acids is 1. The Labute approximate surface area is 178 Å². The van der Waals surface area contributed by atoms with E-state index in [2.05, 4.69) is 46.3 Å². The molecule has 5 heteroatoms. The molecule has 4 rings (SSSR count). The number of amides is 1. The summed E-state index contributed by atoms with van der Waals surface area (Å²) < 4.78 is 5.72. The first-order valence-corrected chi connectivity index (χ1v) is 10.5. The minimum absolute atomic E-state index is 0.0353. The Balaban J connectivity index is 1.62. The number of aromatic nitrogens is 1. The zero-order valence-electron chi connectivity index (χ0n) is 17.9. The Morgan fingerprint density at radius 1 is 1.07 bits per heavy atom. The lowest BCUT2D eigenvalue weighted by Crippen LogP contribution is -2.57. The van der Waals surface area contributed by atoms with Gasteiger partial charge in [-0.2, -0.15) is 0 Å². The van der Waals surface area contributed by atoms with Crippen molar-refractivity contribution in [1.82, 2.24) is 9.88 Å². The molecule has 1 aliphatic rings. The number of piperazine rings is 1. The molecule has 0 N–H and O–H groups in total. The highest BCUT2D eigenvalue weighted by molar-refractivity contribution is 5.93. The van der Waals surface area contributed by atoms with Gasteiger partial charge in [-0.05, 0) is 44.9 Å². The Morgan fingerprint density at radius 3 is 2.63 bits per heavy atom. The molecule has 1 fully saturated rings. The molecule has 1 aromatic heterocycles. The van der Waals surface area contributed by atoms with Gasteiger partial charge in [-0.25, -0.2) is 4.79 Å². The number of carbonyl (C=O) groups is 1. The van der Waals surface area contributed by atoms with Crippen molar-refractivity contribution in [2.45, 2.75) is 38.8 Å². The topological polar surface area (TPSA) is 45.7 Å². The van der Waals surface area contributed by atoms with Crippen LogP contribution in [0.1, 0.15) is 26.3 Å². The predicted molar refractivity (Wildman–Crippen MR) is 121 cm³/mol. The van der Waals surface area contributed by atoms with Gasteiger partial charge >= 0.3 is 6.09 Å². The molecule has 3 aromatic rings. The minimum Gasteiger partial charge on any atom is -0.444 e. The summed E-state index contributed by atoms with van der Waals surface area (Å²) in [5.74, 6) is 0. The normalized spacial score (nSPS) is 17.2. The lowest BCUT2D eigenvalue weighted by Gasteiger charge is -2.43. The number of fused-ring (bicyclic) bond motifs is 1. The van der Waals surface area contributed by atoms with Gasteiger partial charge in [0.25, 0.3) is 0 Å². The molecule has 0 aliphatic carbocycles. The van der Waals surface area contributed by atoms with Crippen LogP contribution in [0.4, 0.5) is 10.5 Å². The highest BCUT2D eigenvalue weighted by atomic mass is 16.6. The van der Waals surface area contributed by atoms with E-state index in [9.17, 15) is 4.79 Å². The van der Waals surface area contributed by atoms with Crippen LogP contribution in [0.5, 0.6) is 0 Å². The van der Waals surface area contributed by atoms with Gasteiger partial charge in [0.15, 0.2) is 0 Å². The molecule has 2 heterocycles. The predicted octanol–water partition coefficient (Wildman–Crippen LogP) is 4.90. The van der Waals surface area contributed by atoms with E-state index in [0.717, 1.165) is 24.9 Å². The Kier molecular flexibility index (Phi) is 5.62. The first-order chi connectivity index (χ1) is 14.4. The van der Waals surface area contributed by atoms with Crippen LogP contribution in [-0.4, -0.2) is 47.3 Å². The summed E-state index contributed by atoms with van der Waals surface area (Å²) in [6.45, 7) is 7.90. The maximum Gasteiger partial charge on any atom is 0.410 e. The van der Waals surface area contributed by atoms with Crippen LogP contribution in [0.15, 0.2) is 67.0 Å². The summed E-state index contributed by atoms with van der Waals surface area (Å²) >= 11 is 0. The van der Waals surface area contributed by atoms with Crippen LogP contribution >= 0.6 is 0 Å². The SMILES string of the molecule is CC(C)(C)OC(=O)N1CCN(c2cccc3cnccc23)CC1Cc1ccccc1. The summed E-state index contributed by atoms with van der Waals surface area (Å²) in [7, 11) is 0. The van der Waals surface area contributed by atoms with Gasteiger partial charge in [0.2, 0.25) is 0 Å². The summed E-state index contributed by atoms with van der Waals surface area (Å²) in [5, 5.41) is 2.32. The molecule has 1 aliphatic heterocycles. The molecule has 30 heavy (non-hydrogen) atoms. The van der Waals surface area contributed by atoms with E-state index in [0.29, 0.717) is 6.54 Å². The van der Waals surface area contributed by atoms with E-state index in [1.165, 1.54) is 16.6 Å². The van der Waals surface area contributed by atoms with Crippen molar-refractivity contribution >= 4 is 22.6 Å². The fourth-order valence-electron chi connectivity index (χ4n) is 4.08. The smallest absolute Gasteiger partial charge is 0.410 e. The molecule has 1 amide bonds. The zero-order valence-corrected chi connectivity index (χ0v) is 17.9. The maximum absolute atomic E-state index is 12.9. The number of ether oxygens (including phenoxy) is 1. The molecule has 1 unspecified atom stereocenters. The summed E-state index contributed by atoms with van der Waals surface area (Å²) in [6.07, 6.45) is 4.30. The van der Waals surface area contributed by atoms with Gasteiger partial charge in [-0.1, -0.05) is 42.5 Å². The van der Waals surface area contributed by atoms with Crippen LogP contribution in [0.3, 0.4) is 0 Å². The second kappa shape index (κ2) is 8.34. The molecule has 0 spiro atoms. The number of nitrogens with zero attached hydrogens (tertiary/aromatic N) is 3. The molecule has 1 saturated heterocycles. The van der Waals surface area contributed by atoms with Crippen LogP contribution in [0.25, 0.3) is 10.8 Å². The average Bonchev–Trinajstić information content (AvgIpc) is 2.73. The number of hydrogen-bond donors (Lipinski definition) is 0. The van der Waals surface area contributed by atoms with Crippen molar-refractivity contribution in [1.29, 1.82) is 0 Å². The Morgan fingerprint density at radius 2 is 1.87 bits per heavy atom. The first-order valence-electron chi connectivity index (χ1n) is 10.5. The quantitative estimate of drug-likeness (QED) is 0.624. The van der Waals surface area contributed by atoms with Crippen molar-refractivity contribution in [3.63, 3.8) is 0 Å². The molecule has 156 valence electrons. The zero-order chi connectivity index (χ0) is 21.1. The Hall–Kier alpha value is -3.08. The standard InChI is InChI=1S/C25H29N3O2/c1-25(2,3)30-24(29)28-15-14-27(18-21(28)16-19-8-5-4-6-9-19)23-11-7-10-20-17-26-13-12-22(20)23/h4-13,17,21H,14-16,18H2,1-3H3. The highest BCUT2D eigenvalue weighted by Crippen LogP contribution is 2.29. The monoisotopic (exact) mass is 403 g/mol. The molecular weight excluding hydrogens is 374 g/mol. The molecular formula is C25H29N3O2. The van der Waals surface area contributed by atoms with Crippen LogP contribution in [0.2, 0.25) is 0 Å². The van der Waals surface area contributed by atoms with Crippen molar-refractivity contribution in [2.24, 2.45) is 0 Å². The number of anilines is 1. The van der Waals surface area contributed by atoms with Crippen molar-refractivity contribution in [3.8, 4) is 0 Å². The average molecular weight is 404 g/mol. The maximum atomic E-state index is 12.9. The van der Waals surface area contributed by atoms with E-state index >= 15 is 0 Å². The number of hydrogen-bond acceptors (Lipinski definition) is 4. The lowest BCUT2D eigenvalue weighted by atomic mass is 10.0. The number of rotatable bonds is 3. The van der Waals surface area contributed by atoms with Crippen molar-refractivity contribution in [3.05, 3.63) is 72.6 Å². The van der Waals surface area contributed by atoms with Crippen LogP contribution in [-0.2, 0) is 11.2 Å². The van der Waals surface area contributed by atoms with Gasteiger partial charge in [0, 0.05) is 48.5 Å². The van der Waals surface area contributed by atoms with Gasteiger partial charge in [0.1, 0.15) is 5.60 Å². The lowest BCUT2D eigenvalue weighted by molar-refractivity contribution is 0.0141. The third-order valence-corrected chi connectivity index (χ3v) is 5.42.